The van der Waals surface area contributed by atoms with E-state index in [0.717, 1.165) is 5.56 Å². The predicted molar refractivity (Wildman–Crippen MR) is 77.5 cm³/mol. The van der Waals surface area contributed by atoms with E-state index in [-0.39, 0.29) is 5.91 Å². The Balaban J connectivity index is 1.86. The van der Waals surface area contributed by atoms with Crippen LogP contribution in [0.2, 0.25) is 0 Å². The Kier molecular flexibility index (Phi) is 5.46. The third-order valence-electron chi connectivity index (χ3n) is 3.48. The first-order valence-electron chi connectivity index (χ1n) is 7.10. The maximum Gasteiger partial charge on any atom is 0.315 e. The molecule has 1 saturated heterocycles. The normalized spacial score (nSPS) is 17.2. The highest BCUT2D eigenvalue weighted by Gasteiger charge is 2.32. The van der Waals surface area contributed by atoms with Crippen molar-refractivity contribution in [2.45, 2.75) is 25.4 Å². The molecule has 1 aliphatic heterocycles. The molecular weight excluding hydrogens is 306 g/mol. The van der Waals surface area contributed by atoms with Crippen LogP contribution in [0.3, 0.4) is 0 Å². The van der Waals surface area contributed by atoms with Crippen molar-refractivity contribution in [3.63, 3.8) is 0 Å². The predicted octanol–water partition coefficient (Wildman–Crippen LogP) is 1.22. The Bertz CT molecular complexity index is 613. The Labute approximate surface area is 132 Å². The van der Waals surface area contributed by atoms with Gasteiger partial charge in [0.2, 0.25) is 5.91 Å². The maximum absolute atomic E-state index is 12.2. The summed E-state index contributed by atoms with van der Waals surface area (Å²) in [5.74, 6) is -0.249. The number of carbonyl (C=O) groups excluding carboxylic acids is 2. The molecule has 1 atom stereocenters. The number of rotatable bonds is 5. The van der Waals surface area contributed by atoms with Gasteiger partial charge in [0.1, 0.15) is 6.04 Å². The summed E-state index contributed by atoms with van der Waals surface area (Å²) < 4.78 is 24.0. The van der Waals surface area contributed by atoms with Crippen LogP contribution in [0.1, 0.15) is 17.5 Å². The minimum atomic E-state index is -2.63. The Hall–Kier alpha value is -2.69. The van der Waals surface area contributed by atoms with Crippen LogP contribution in [0.4, 0.5) is 13.6 Å². The number of hydrogen-bond acceptors (Lipinski definition) is 3. The molecule has 1 aromatic rings. The van der Waals surface area contributed by atoms with E-state index in [1.165, 1.54) is 0 Å². The molecule has 0 unspecified atom stereocenters. The first-order chi connectivity index (χ1) is 11.0. The number of nitrogens with zero attached hydrogens (tertiary/aromatic N) is 2. The highest BCUT2D eigenvalue weighted by atomic mass is 19.3. The number of amides is 3. The second-order valence-corrected chi connectivity index (χ2v) is 5.16. The molecule has 2 rings (SSSR count). The molecule has 23 heavy (non-hydrogen) atoms. The zero-order valence-electron chi connectivity index (χ0n) is 12.3. The monoisotopic (exact) mass is 322 g/mol. The van der Waals surface area contributed by atoms with Gasteiger partial charge in [0.05, 0.1) is 18.2 Å². The number of carbonyl (C=O) groups is 2. The van der Waals surface area contributed by atoms with Crippen molar-refractivity contribution in [1.29, 1.82) is 5.26 Å². The van der Waals surface area contributed by atoms with Crippen LogP contribution >= 0.6 is 0 Å². The topological polar surface area (TPSA) is 85.2 Å². The van der Waals surface area contributed by atoms with Gasteiger partial charge in [-0.15, -0.1) is 0 Å². The number of nitriles is 1. The van der Waals surface area contributed by atoms with Gasteiger partial charge in [0.25, 0.3) is 6.43 Å². The summed E-state index contributed by atoms with van der Waals surface area (Å²) in [6.45, 7) is 0.0989. The third-order valence-corrected chi connectivity index (χ3v) is 3.48. The van der Waals surface area contributed by atoms with Gasteiger partial charge in [-0.1, -0.05) is 12.1 Å². The molecule has 0 saturated carbocycles. The van der Waals surface area contributed by atoms with Gasteiger partial charge in [-0.2, -0.15) is 5.26 Å². The van der Waals surface area contributed by atoms with E-state index in [1.807, 2.05) is 11.4 Å². The zero-order chi connectivity index (χ0) is 16.8. The molecule has 0 aromatic heterocycles. The van der Waals surface area contributed by atoms with Gasteiger partial charge in [-0.25, -0.2) is 13.6 Å². The summed E-state index contributed by atoms with van der Waals surface area (Å²) in [5.41, 5.74) is 1.41. The van der Waals surface area contributed by atoms with Crippen LogP contribution < -0.4 is 10.6 Å². The maximum atomic E-state index is 12.2. The van der Waals surface area contributed by atoms with Crippen molar-refractivity contribution >= 4 is 11.9 Å². The number of likely N-dealkylation sites (tertiary alicyclic amines) is 1. The second-order valence-electron chi connectivity index (χ2n) is 5.16. The number of halogens is 2. The summed E-state index contributed by atoms with van der Waals surface area (Å²) in [6.07, 6.45) is -2.20. The lowest BCUT2D eigenvalue weighted by atomic mass is 10.1. The molecule has 1 aliphatic rings. The van der Waals surface area contributed by atoms with Crippen molar-refractivity contribution in [3.8, 4) is 6.07 Å². The molecule has 0 aliphatic carbocycles. The molecule has 0 radical (unpaired) electrons. The van der Waals surface area contributed by atoms with Gasteiger partial charge in [-0.3, -0.25) is 4.79 Å². The Morgan fingerprint density at radius 1 is 1.39 bits per heavy atom. The van der Waals surface area contributed by atoms with Gasteiger partial charge in [-0.05, 0) is 24.1 Å². The van der Waals surface area contributed by atoms with E-state index in [2.05, 4.69) is 5.32 Å². The number of urea groups is 1. The van der Waals surface area contributed by atoms with Crippen LogP contribution in [-0.4, -0.2) is 42.4 Å². The number of hydrogen-bond donors (Lipinski definition) is 2. The number of alkyl halides is 2. The molecule has 3 amide bonds. The van der Waals surface area contributed by atoms with Crippen molar-refractivity contribution < 1.29 is 18.4 Å². The Morgan fingerprint density at radius 2 is 2.09 bits per heavy atom. The van der Waals surface area contributed by atoms with Crippen molar-refractivity contribution in [1.82, 2.24) is 15.5 Å². The molecular formula is C15H16F2N4O2. The summed E-state index contributed by atoms with van der Waals surface area (Å²) in [4.78, 5) is 25.2. The van der Waals surface area contributed by atoms with E-state index in [0.29, 0.717) is 25.1 Å². The Morgan fingerprint density at radius 3 is 2.70 bits per heavy atom. The second kappa shape index (κ2) is 7.54. The average Bonchev–Trinajstić information content (AvgIpc) is 2.87. The fraction of sp³-hybridized carbons (Fsp3) is 0.400. The molecule has 122 valence electrons. The molecule has 6 nitrogen and oxygen atoms in total. The van der Waals surface area contributed by atoms with E-state index >= 15 is 0 Å². The minimum Gasteiger partial charge on any atom is -0.336 e. The largest absolute Gasteiger partial charge is 0.336 e. The van der Waals surface area contributed by atoms with E-state index in [9.17, 15) is 18.4 Å². The van der Waals surface area contributed by atoms with Gasteiger partial charge < -0.3 is 15.5 Å². The SMILES string of the molecule is N#Cc1ccc(CN2CC[C@H](NC(=O)NCC(F)F)C2=O)cc1. The fourth-order valence-electron chi connectivity index (χ4n) is 2.31. The zero-order valence-corrected chi connectivity index (χ0v) is 12.3. The molecule has 0 spiro atoms. The first kappa shape index (κ1) is 16.7. The molecule has 2 N–H and O–H groups in total. The quantitative estimate of drug-likeness (QED) is 0.855. The average molecular weight is 322 g/mol. The molecule has 1 fully saturated rings. The molecule has 1 aromatic carbocycles. The number of benzene rings is 1. The standard InChI is InChI=1S/C15H16F2N4O2/c16-13(17)8-19-15(23)20-12-5-6-21(14(12)22)9-11-3-1-10(7-18)2-4-11/h1-4,12-13H,5-6,8-9H2,(H2,19,20,23)/t12-/m0/s1. The fourth-order valence-corrected chi connectivity index (χ4v) is 2.31. The van der Waals surface area contributed by atoms with Crippen LogP contribution in [0.25, 0.3) is 0 Å². The highest BCUT2D eigenvalue weighted by Crippen LogP contribution is 2.15. The lowest BCUT2D eigenvalue weighted by Gasteiger charge is -2.17. The smallest absolute Gasteiger partial charge is 0.315 e. The van der Waals surface area contributed by atoms with E-state index in [4.69, 9.17) is 5.26 Å². The lowest BCUT2D eigenvalue weighted by Crippen LogP contribution is -2.46. The van der Waals surface area contributed by atoms with Crippen LogP contribution in [0.15, 0.2) is 24.3 Å². The molecule has 1 heterocycles. The minimum absolute atomic E-state index is 0.249. The van der Waals surface area contributed by atoms with Crippen LogP contribution in [0.5, 0.6) is 0 Å². The molecule has 8 heteroatoms. The highest BCUT2D eigenvalue weighted by molar-refractivity contribution is 5.88. The number of nitrogens with one attached hydrogen (secondary N) is 2. The summed E-state index contributed by atoms with van der Waals surface area (Å²) in [7, 11) is 0. The van der Waals surface area contributed by atoms with Crippen molar-refractivity contribution in [2.24, 2.45) is 0 Å². The van der Waals surface area contributed by atoms with Crippen LogP contribution in [0, 0.1) is 11.3 Å². The van der Waals surface area contributed by atoms with Gasteiger partial charge in [0, 0.05) is 13.1 Å². The van der Waals surface area contributed by atoms with E-state index in [1.54, 1.807) is 29.2 Å². The first-order valence-corrected chi connectivity index (χ1v) is 7.10. The van der Waals surface area contributed by atoms with Crippen LogP contribution in [-0.2, 0) is 11.3 Å². The van der Waals surface area contributed by atoms with E-state index < -0.39 is 25.0 Å². The van der Waals surface area contributed by atoms with Crippen molar-refractivity contribution in [2.75, 3.05) is 13.1 Å². The molecule has 0 bridgehead atoms. The summed E-state index contributed by atoms with van der Waals surface area (Å²) in [5, 5.41) is 13.1. The lowest BCUT2D eigenvalue weighted by molar-refractivity contribution is -0.129. The van der Waals surface area contributed by atoms with Gasteiger partial charge >= 0.3 is 6.03 Å². The van der Waals surface area contributed by atoms with Crippen molar-refractivity contribution in [3.05, 3.63) is 35.4 Å². The van der Waals surface area contributed by atoms with Gasteiger partial charge in [0.15, 0.2) is 0 Å². The summed E-state index contributed by atoms with van der Waals surface area (Å²) >= 11 is 0. The summed E-state index contributed by atoms with van der Waals surface area (Å²) in [6, 6.07) is 7.41. The third kappa shape index (κ3) is 4.64.